The van der Waals surface area contributed by atoms with Crippen molar-refractivity contribution in [3.63, 3.8) is 0 Å². The molecule has 76 valence electrons. The van der Waals surface area contributed by atoms with Gasteiger partial charge in [0.05, 0.1) is 12.2 Å². The molecule has 4 nitrogen and oxygen atoms in total. The van der Waals surface area contributed by atoms with E-state index in [9.17, 15) is 4.79 Å². The van der Waals surface area contributed by atoms with Crippen LogP contribution in [0.4, 0.5) is 0 Å². The van der Waals surface area contributed by atoms with E-state index in [1.807, 2.05) is 20.8 Å². The van der Waals surface area contributed by atoms with Gasteiger partial charge in [-0.1, -0.05) is 10.7 Å². The van der Waals surface area contributed by atoms with Crippen LogP contribution < -0.4 is 5.32 Å². The van der Waals surface area contributed by atoms with Gasteiger partial charge >= 0.3 is 0 Å². The van der Waals surface area contributed by atoms with Crippen LogP contribution in [0.2, 0.25) is 0 Å². The molecule has 14 heavy (non-hydrogen) atoms. The number of aryl methyl sites for hydroxylation is 1. The fourth-order valence-electron chi connectivity index (χ4n) is 0.987. The number of carbonyl (C=O) groups is 1. The van der Waals surface area contributed by atoms with Crippen LogP contribution in [0.3, 0.4) is 0 Å². The summed E-state index contributed by atoms with van der Waals surface area (Å²) in [4.78, 5) is 11.2. The topological polar surface area (TPSA) is 55.1 Å². The van der Waals surface area contributed by atoms with Gasteiger partial charge in [0.2, 0.25) is 5.91 Å². The summed E-state index contributed by atoms with van der Waals surface area (Å²) in [6, 6.07) is 1.79. The zero-order chi connectivity index (χ0) is 10.6. The fraction of sp³-hybridized carbons (Fsp3) is 0.400. The third kappa shape index (κ3) is 3.43. The normalized spacial score (nSPS) is 9.64. The average Bonchev–Trinajstić information content (AvgIpc) is 2.47. The summed E-state index contributed by atoms with van der Waals surface area (Å²) in [7, 11) is 0. The third-order valence-corrected chi connectivity index (χ3v) is 1.53. The zero-order valence-electron chi connectivity index (χ0n) is 8.63. The molecule has 1 amide bonds. The predicted molar refractivity (Wildman–Crippen MR) is 52.5 cm³/mol. The second-order valence-corrected chi connectivity index (χ2v) is 3.37. The monoisotopic (exact) mass is 194 g/mol. The number of allylic oxidation sites excluding steroid dienone is 1. The number of carbonyl (C=O) groups excluding carboxylic acids is 1. The number of rotatable bonds is 3. The van der Waals surface area contributed by atoms with E-state index in [1.54, 1.807) is 12.1 Å². The highest BCUT2D eigenvalue weighted by atomic mass is 16.5. The van der Waals surface area contributed by atoms with Gasteiger partial charge in [0.1, 0.15) is 0 Å². The van der Waals surface area contributed by atoms with Gasteiger partial charge in [0.15, 0.2) is 5.76 Å². The fourth-order valence-corrected chi connectivity index (χ4v) is 0.987. The smallest absolute Gasteiger partial charge is 0.244 e. The number of amides is 1. The van der Waals surface area contributed by atoms with E-state index in [-0.39, 0.29) is 5.91 Å². The Morgan fingerprint density at radius 3 is 2.86 bits per heavy atom. The van der Waals surface area contributed by atoms with Gasteiger partial charge < -0.3 is 9.84 Å². The van der Waals surface area contributed by atoms with Crippen molar-refractivity contribution in [3.8, 4) is 0 Å². The molecule has 0 aromatic carbocycles. The van der Waals surface area contributed by atoms with E-state index < -0.39 is 0 Å². The zero-order valence-corrected chi connectivity index (χ0v) is 8.63. The second kappa shape index (κ2) is 4.60. The summed E-state index contributed by atoms with van der Waals surface area (Å²) in [5, 5.41) is 6.41. The summed E-state index contributed by atoms with van der Waals surface area (Å²) in [6.07, 6.45) is 1.54. The quantitative estimate of drug-likeness (QED) is 0.743. The minimum atomic E-state index is -0.112. The van der Waals surface area contributed by atoms with Crippen molar-refractivity contribution >= 4 is 5.91 Å². The maximum Gasteiger partial charge on any atom is 0.244 e. The molecular formula is C10H14N2O2. The van der Waals surface area contributed by atoms with Crippen LogP contribution in [0.15, 0.2) is 22.2 Å². The van der Waals surface area contributed by atoms with Crippen LogP contribution in [0.5, 0.6) is 0 Å². The molecule has 0 aliphatic heterocycles. The number of nitrogens with zero attached hydrogens (tertiary/aromatic N) is 1. The van der Waals surface area contributed by atoms with Crippen LogP contribution >= 0.6 is 0 Å². The van der Waals surface area contributed by atoms with Crippen molar-refractivity contribution in [1.29, 1.82) is 0 Å². The lowest BCUT2D eigenvalue weighted by Gasteiger charge is -1.97. The Bertz CT molecular complexity index is 349. The molecule has 0 fully saturated rings. The summed E-state index contributed by atoms with van der Waals surface area (Å²) < 4.78 is 4.93. The van der Waals surface area contributed by atoms with Crippen LogP contribution in [0.25, 0.3) is 0 Å². The summed E-state index contributed by atoms with van der Waals surface area (Å²) in [5.41, 5.74) is 1.78. The Kier molecular flexibility index (Phi) is 3.45. The molecule has 4 heteroatoms. The SMILES string of the molecule is CC(C)=CC(=O)NCc1cc(C)no1. The Balaban J connectivity index is 2.41. The number of hydrogen-bond acceptors (Lipinski definition) is 3. The summed E-state index contributed by atoms with van der Waals surface area (Å²) in [5.74, 6) is 0.553. The molecule has 0 saturated heterocycles. The molecule has 0 aliphatic carbocycles. The highest BCUT2D eigenvalue weighted by Gasteiger charge is 2.01. The summed E-state index contributed by atoms with van der Waals surface area (Å²) >= 11 is 0. The predicted octanol–water partition coefficient (Wildman–Crippen LogP) is 1.57. The van der Waals surface area contributed by atoms with Crippen LogP contribution in [-0.2, 0) is 11.3 Å². The molecule has 1 N–H and O–H groups in total. The first kappa shape index (κ1) is 10.5. The highest BCUT2D eigenvalue weighted by Crippen LogP contribution is 2.01. The Morgan fingerprint density at radius 2 is 2.36 bits per heavy atom. The highest BCUT2D eigenvalue weighted by molar-refractivity contribution is 5.87. The van der Waals surface area contributed by atoms with Crippen LogP contribution in [-0.4, -0.2) is 11.1 Å². The molecule has 0 bridgehead atoms. The molecule has 0 spiro atoms. The van der Waals surface area contributed by atoms with Gasteiger partial charge in [-0.2, -0.15) is 0 Å². The first-order valence-electron chi connectivity index (χ1n) is 4.43. The molecular weight excluding hydrogens is 180 g/mol. The Morgan fingerprint density at radius 1 is 1.64 bits per heavy atom. The molecule has 1 aromatic rings. The van der Waals surface area contributed by atoms with E-state index in [4.69, 9.17) is 4.52 Å². The molecule has 0 saturated carbocycles. The maximum absolute atomic E-state index is 11.2. The number of hydrogen-bond donors (Lipinski definition) is 1. The van der Waals surface area contributed by atoms with Crippen molar-refractivity contribution in [3.05, 3.63) is 29.2 Å². The summed E-state index contributed by atoms with van der Waals surface area (Å²) in [6.45, 7) is 5.96. The third-order valence-electron chi connectivity index (χ3n) is 1.53. The Labute approximate surface area is 83.0 Å². The first-order chi connectivity index (χ1) is 6.58. The van der Waals surface area contributed by atoms with Gasteiger partial charge in [-0.25, -0.2) is 0 Å². The lowest BCUT2D eigenvalue weighted by molar-refractivity contribution is -0.116. The van der Waals surface area contributed by atoms with Crippen LogP contribution in [0, 0.1) is 6.92 Å². The van der Waals surface area contributed by atoms with Gasteiger partial charge in [0, 0.05) is 12.1 Å². The lowest BCUT2D eigenvalue weighted by Crippen LogP contribution is -2.20. The van der Waals surface area contributed by atoms with Gasteiger partial charge in [0.25, 0.3) is 0 Å². The van der Waals surface area contributed by atoms with E-state index in [1.165, 1.54) is 0 Å². The first-order valence-corrected chi connectivity index (χ1v) is 4.43. The van der Waals surface area contributed by atoms with Gasteiger partial charge in [-0.05, 0) is 20.8 Å². The van der Waals surface area contributed by atoms with Crippen LogP contribution in [0.1, 0.15) is 25.3 Å². The second-order valence-electron chi connectivity index (χ2n) is 3.37. The van der Waals surface area contributed by atoms with E-state index in [0.29, 0.717) is 12.3 Å². The van der Waals surface area contributed by atoms with Crippen molar-refractivity contribution in [2.75, 3.05) is 0 Å². The molecule has 0 radical (unpaired) electrons. The van der Waals surface area contributed by atoms with E-state index >= 15 is 0 Å². The van der Waals surface area contributed by atoms with Gasteiger partial charge in [-0.15, -0.1) is 0 Å². The minimum Gasteiger partial charge on any atom is -0.359 e. The number of aromatic nitrogens is 1. The van der Waals surface area contributed by atoms with E-state index in [0.717, 1.165) is 11.3 Å². The number of nitrogens with one attached hydrogen (secondary N) is 1. The minimum absolute atomic E-state index is 0.112. The molecule has 0 aliphatic rings. The lowest BCUT2D eigenvalue weighted by atomic mass is 10.3. The van der Waals surface area contributed by atoms with Gasteiger partial charge in [-0.3, -0.25) is 4.79 Å². The van der Waals surface area contributed by atoms with Crippen molar-refractivity contribution in [1.82, 2.24) is 10.5 Å². The molecule has 0 unspecified atom stereocenters. The Hall–Kier alpha value is -1.58. The van der Waals surface area contributed by atoms with E-state index in [2.05, 4.69) is 10.5 Å². The van der Waals surface area contributed by atoms with Crippen molar-refractivity contribution < 1.29 is 9.32 Å². The average molecular weight is 194 g/mol. The molecule has 1 aromatic heterocycles. The molecule has 1 heterocycles. The largest absolute Gasteiger partial charge is 0.359 e. The molecule has 1 rings (SSSR count). The maximum atomic E-state index is 11.2. The van der Waals surface area contributed by atoms with Crippen molar-refractivity contribution in [2.45, 2.75) is 27.3 Å². The molecule has 0 atom stereocenters. The van der Waals surface area contributed by atoms with Crippen molar-refractivity contribution in [2.24, 2.45) is 0 Å². The standard InChI is InChI=1S/C10H14N2O2/c1-7(2)4-10(13)11-6-9-5-8(3)12-14-9/h4-5H,6H2,1-3H3,(H,11,13).